The van der Waals surface area contributed by atoms with Crippen LogP contribution in [0.3, 0.4) is 0 Å². The minimum absolute atomic E-state index is 0.462. The van der Waals surface area contributed by atoms with Gasteiger partial charge in [0.05, 0.1) is 11.9 Å². The van der Waals surface area contributed by atoms with Crippen LogP contribution in [0.25, 0.3) is 0 Å². The average Bonchev–Trinajstić information content (AvgIpc) is 2.49. The van der Waals surface area contributed by atoms with Crippen LogP contribution < -0.4 is 0 Å². The van der Waals surface area contributed by atoms with Gasteiger partial charge in [0, 0.05) is 0 Å². The van der Waals surface area contributed by atoms with Crippen molar-refractivity contribution in [3.05, 3.63) is 11.9 Å². The fraction of sp³-hybridized carbons (Fsp3) is 0.778. The molecule has 1 aromatic rings. The fourth-order valence-corrected chi connectivity index (χ4v) is 1.29. The quantitative estimate of drug-likeness (QED) is 0.767. The second kappa shape index (κ2) is 4.37. The number of aliphatic hydroxyl groups is 1. The van der Waals surface area contributed by atoms with Crippen LogP contribution in [0.15, 0.2) is 6.20 Å². The molecule has 0 aliphatic carbocycles. The predicted octanol–water partition coefficient (Wildman–Crippen LogP) is 1.38. The number of rotatable bonds is 4. The number of hydrogen-bond donors (Lipinski definition) is 1. The summed E-state index contributed by atoms with van der Waals surface area (Å²) in [5.41, 5.74) is 0.980. The molecular formula is C9H17N3O. The predicted molar refractivity (Wildman–Crippen MR) is 50.1 cm³/mol. The minimum Gasteiger partial charge on any atom is -0.372 e. The second-order valence-corrected chi connectivity index (χ2v) is 3.63. The third-order valence-electron chi connectivity index (χ3n) is 1.98. The van der Waals surface area contributed by atoms with Crippen molar-refractivity contribution in [2.24, 2.45) is 5.92 Å². The third-order valence-corrected chi connectivity index (χ3v) is 1.98. The first-order valence-corrected chi connectivity index (χ1v) is 4.72. The van der Waals surface area contributed by atoms with Gasteiger partial charge in [-0.25, -0.2) is 4.68 Å². The average molecular weight is 183 g/mol. The van der Waals surface area contributed by atoms with E-state index in [1.165, 1.54) is 0 Å². The lowest BCUT2D eigenvalue weighted by atomic mass is 10.1. The Balaban J connectivity index is 2.69. The molecule has 0 amide bonds. The molecule has 74 valence electrons. The second-order valence-electron chi connectivity index (χ2n) is 3.63. The Hall–Kier alpha value is -0.900. The SMILES string of the molecule is CCc1cnnn1C(O)CC(C)C. The summed E-state index contributed by atoms with van der Waals surface area (Å²) < 4.78 is 1.60. The van der Waals surface area contributed by atoms with Crippen molar-refractivity contribution < 1.29 is 5.11 Å². The number of nitrogens with zero attached hydrogens (tertiary/aromatic N) is 3. The van der Waals surface area contributed by atoms with E-state index >= 15 is 0 Å². The zero-order valence-corrected chi connectivity index (χ0v) is 8.44. The molecule has 0 aliphatic heterocycles. The maximum Gasteiger partial charge on any atom is 0.149 e. The first kappa shape index (κ1) is 10.2. The molecule has 1 atom stereocenters. The summed E-state index contributed by atoms with van der Waals surface area (Å²) in [6, 6.07) is 0. The highest BCUT2D eigenvalue weighted by Crippen LogP contribution is 2.15. The van der Waals surface area contributed by atoms with Crippen LogP contribution in [-0.2, 0) is 6.42 Å². The van der Waals surface area contributed by atoms with Crippen molar-refractivity contribution in [2.75, 3.05) is 0 Å². The lowest BCUT2D eigenvalue weighted by molar-refractivity contribution is 0.0641. The summed E-state index contributed by atoms with van der Waals surface area (Å²) in [7, 11) is 0. The zero-order valence-electron chi connectivity index (χ0n) is 8.44. The van der Waals surface area contributed by atoms with Gasteiger partial charge in [-0.05, 0) is 18.8 Å². The molecule has 1 N–H and O–H groups in total. The Labute approximate surface area is 78.6 Å². The van der Waals surface area contributed by atoms with Crippen LogP contribution in [0.2, 0.25) is 0 Å². The van der Waals surface area contributed by atoms with E-state index in [1.54, 1.807) is 10.9 Å². The van der Waals surface area contributed by atoms with Crippen LogP contribution in [0.5, 0.6) is 0 Å². The normalized spacial score (nSPS) is 13.6. The highest BCUT2D eigenvalue weighted by molar-refractivity contribution is 4.93. The molecule has 4 heteroatoms. The van der Waals surface area contributed by atoms with Crippen molar-refractivity contribution in [3.8, 4) is 0 Å². The smallest absolute Gasteiger partial charge is 0.149 e. The molecule has 0 aliphatic rings. The Bertz CT molecular complexity index is 257. The van der Waals surface area contributed by atoms with E-state index < -0.39 is 6.23 Å². The molecule has 1 rings (SSSR count). The van der Waals surface area contributed by atoms with Gasteiger partial charge in [-0.3, -0.25) is 0 Å². The Morgan fingerprint density at radius 3 is 2.77 bits per heavy atom. The van der Waals surface area contributed by atoms with Gasteiger partial charge in [0.2, 0.25) is 0 Å². The van der Waals surface area contributed by atoms with Crippen LogP contribution >= 0.6 is 0 Å². The van der Waals surface area contributed by atoms with Gasteiger partial charge < -0.3 is 5.11 Å². The Morgan fingerprint density at radius 1 is 1.54 bits per heavy atom. The van der Waals surface area contributed by atoms with Gasteiger partial charge in [-0.2, -0.15) is 0 Å². The molecule has 0 radical (unpaired) electrons. The van der Waals surface area contributed by atoms with E-state index in [4.69, 9.17) is 0 Å². The molecule has 1 unspecified atom stereocenters. The van der Waals surface area contributed by atoms with E-state index in [9.17, 15) is 5.11 Å². The molecule has 0 fully saturated rings. The Morgan fingerprint density at radius 2 is 2.23 bits per heavy atom. The molecule has 1 aromatic heterocycles. The molecular weight excluding hydrogens is 166 g/mol. The first-order chi connectivity index (χ1) is 6.15. The van der Waals surface area contributed by atoms with E-state index in [0.29, 0.717) is 5.92 Å². The summed E-state index contributed by atoms with van der Waals surface area (Å²) in [6.07, 6.45) is 2.74. The van der Waals surface area contributed by atoms with Crippen molar-refractivity contribution in [1.29, 1.82) is 0 Å². The molecule has 4 nitrogen and oxygen atoms in total. The maximum absolute atomic E-state index is 9.75. The van der Waals surface area contributed by atoms with Crippen molar-refractivity contribution in [3.63, 3.8) is 0 Å². The molecule has 13 heavy (non-hydrogen) atoms. The van der Waals surface area contributed by atoms with Crippen molar-refractivity contribution in [2.45, 2.75) is 39.8 Å². The van der Waals surface area contributed by atoms with Gasteiger partial charge in [-0.15, -0.1) is 5.10 Å². The first-order valence-electron chi connectivity index (χ1n) is 4.72. The minimum atomic E-state index is -0.530. The van der Waals surface area contributed by atoms with Gasteiger partial charge in [0.15, 0.2) is 0 Å². The topological polar surface area (TPSA) is 50.9 Å². The maximum atomic E-state index is 9.75. The van der Waals surface area contributed by atoms with E-state index in [0.717, 1.165) is 18.5 Å². The summed E-state index contributed by atoms with van der Waals surface area (Å²) >= 11 is 0. The largest absolute Gasteiger partial charge is 0.372 e. The molecule has 1 heterocycles. The number of hydrogen-bond acceptors (Lipinski definition) is 3. The van der Waals surface area contributed by atoms with E-state index in [-0.39, 0.29) is 0 Å². The fourth-order valence-electron chi connectivity index (χ4n) is 1.29. The van der Waals surface area contributed by atoms with E-state index in [1.807, 2.05) is 6.92 Å². The number of aliphatic hydroxyl groups excluding tert-OH is 1. The van der Waals surface area contributed by atoms with Crippen molar-refractivity contribution >= 4 is 0 Å². The van der Waals surface area contributed by atoms with E-state index in [2.05, 4.69) is 24.2 Å². The Kier molecular flexibility index (Phi) is 3.42. The monoisotopic (exact) mass is 183 g/mol. The standard InChI is InChI=1S/C9H17N3O/c1-4-8-6-10-11-12(8)9(13)5-7(2)3/h6-7,9,13H,4-5H2,1-3H3. The highest BCUT2D eigenvalue weighted by atomic mass is 16.3. The van der Waals surface area contributed by atoms with Crippen LogP contribution in [-0.4, -0.2) is 20.1 Å². The summed E-state index contributed by atoms with van der Waals surface area (Å²) in [6.45, 7) is 6.18. The zero-order chi connectivity index (χ0) is 9.84. The summed E-state index contributed by atoms with van der Waals surface area (Å²) in [5, 5.41) is 17.4. The number of aryl methyl sites for hydroxylation is 1. The number of aromatic nitrogens is 3. The van der Waals surface area contributed by atoms with Crippen molar-refractivity contribution in [1.82, 2.24) is 15.0 Å². The van der Waals surface area contributed by atoms with Crippen LogP contribution in [0, 0.1) is 5.92 Å². The lowest BCUT2D eigenvalue weighted by Gasteiger charge is -2.14. The van der Waals surface area contributed by atoms with Gasteiger partial charge in [0.1, 0.15) is 6.23 Å². The third kappa shape index (κ3) is 2.52. The van der Waals surface area contributed by atoms with Gasteiger partial charge >= 0.3 is 0 Å². The molecule has 0 aromatic carbocycles. The molecule has 0 saturated carbocycles. The molecule has 0 spiro atoms. The van der Waals surface area contributed by atoms with Crippen LogP contribution in [0.4, 0.5) is 0 Å². The summed E-state index contributed by atoms with van der Waals surface area (Å²) in [5.74, 6) is 0.462. The van der Waals surface area contributed by atoms with Gasteiger partial charge in [0.25, 0.3) is 0 Å². The highest BCUT2D eigenvalue weighted by Gasteiger charge is 2.12. The van der Waals surface area contributed by atoms with Crippen LogP contribution in [0.1, 0.15) is 39.1 Å². The summed E-state index contributed by atoms with van der Waals surface area (Å²) in [4.78, 5) is 0. The molecule has 0 saturated heterocycles. The lowest BCUT2D eigenvalue weighted by Crippen LogP contribution is -2.14. The molecule has 0 bridgehead atoms. The van der Waals surface area contributed by atoms with Gasteiger partial charge in [-0.1, -0.05) is 26.0 Å².